The van der Waals surface area contributed by atoms with E-state index in [4.69, 9.17) is 38.6 Å². The standard InChI is InChI=1S/C21H19Cl2F3N4O3/c1-3-32-30-19(27)28-18(31)16-5-4-12(6-11(16)2)17-10-20(33-29-17,21(24,25)26)13-7-14(22)9-15(23)8-13/h4-9H,3,10H2,1-2H3,(H3,27,28,30,31). The van der Waals surface area contributed by atoms with E-state index in [9.17, 15) is 18.0 Å². The molecule has 0 fully saturated rings. The summed E-state index contributed by atoms with van der Waals surface area (Å²) in [5.74, 6) is -0.781. The largest absolute Gasteiger partial charge is 0.435 e. The third-order valence-corrected chi connectivity index (χ3v) is 5.29. The molecule has 3 N–H and O–H groups in total. The Labute approximate surface area is 197 Å². The summed E-state index contributed by atoms with van der Waals surface area (Å²) in [5.41, 5.74) is 3.69. The minimum Gasteiger partial charge on any atom is -0.393 e. The number of guanidine groups is 1. The Morgan fingerprint density at radius 3 is 2.52 bits per heavy atom. The van der Waals surface area contributed by atoms with E-state index in [0.717, 1.165) is 12.1 Å². The number of nitrogens with zero attached hydrogens (tertiary/aromatic N) is 2. The number of amides is 1. The molecule has 33 heavy (non-hydrogen) atoms. The van der Waals surface area contributed by atoms with Gasteiger partial charge in [0.05, 0.1) is 5.71 Å². The van der Waals surface area contributed by atoms with Gasteiger partial charge in [0.15, 0.2) is 0 Å². The van der Waals surface area contributed by atoms with Gasteiger partial charge in [-0.25, -0.2) is 0 Å². The van der Waals surface area contributed by atoms with Crippen molar-refractivity contribution < 1.29 is 27.6 Å². The third-order valence-electron chi connectivity index (χ3n) is 4.85. The van der Waals surface area contributed by atoms with Gasteiger partial charge in [0.2, 0.25) is 5.96 Å². The van der Waals surface area contributed by atoms with Crippen molar-refractivity contribution in [3.63, 3.8) is 0 Å². The second-order valence-corrected chi connectivity index (χ2v) is 8.04. The van der Waals surface area contributed by atoms with Crippen LogP contribution in [-0.2, 0) is 15.3 Å². The van der Waals surface area contributed by atoms with Crippen molar-refractivity contribution in [1.82, 2.24) is 5.32 Å². The predicted molar refractivity (Wildman–Crippen MR) is 118 cm³/mol. The van der Waals surface area contributed by atoms with Crippen molar-refractivity contribution in [2.45, 2.75) is 32.0 Å². The fourth-order valence-electron chi connectivity index (χ4n) is 3.28. The Morgan fingerprint density at radius 1 is 1.27 bits per heavy atom. The average molecular weight is 503 g/mol. The van der Waals surface area contributed by atoms with Crippen LogP contribution in [0.3, 0.4) is 0 Å². The van der Waals surface area contributed by atoms with Gasteiger partial charge in [-0.05, 0) is 60.5 Å². The molecule has 0 saturated carbocycles. The molecule has 2 aromatic carbocycles. The van der Waals surface area contributed by atoms with E-state index < -0.39 is 24.1 Å². The molecule has 7 nitrogen and oxygen atoms in total. The number of carbonyl (C=O) groups is 1. The lowest BCUT2D eigenvalue weighted by molar-refractivity contribution is -0.275. The molecular weight excluding hydrogens is 484 g/mol. The van der Waals surface area contributed by atoms with Gasteiger partial charge < -0.3 is 15.4 Å². The zero-order valence-corrected chi connectivity index (χ0v) is 19.0. The van der Waals surface area contributed by atoms with Crippen LogP contribution >= 0.6 is 23.2 Å². The van der Waals surface area contributed by atoms with Gasteiger partial charge in [-0.3, -0.25) is 10.1 Å². The number of nitrogens with two attached hydrogens (primary N) is 1. The lowest BCUT2D eigenvalue weighted by Gasteiger charge is -2.29. The zero-order chi connectivity index (χ0) is 24.4. The number of aryl methyl sites for hydroxylation is 1. The average Bonchev–Trinajstić information content (AvgIpc) is 3.18. The van der Waals surface area contributed by atoms with Crippen molar-refractivity contribution >= 4 is 40.8 Å². The van der Waals surface area contributed by atoms with Gasteiger partial charge in [-0.1, -0.05) is 34.4 Å². The summed E-state index contributed by atoms with van der Waals surface area (Å²) in [6.07, 6.45) is -5.41. The quantitative estimate of drug-likeness (QED) is 0.345. The van der Waals surface area contributed by atoms with Gasteiger partial charge in [0.1, 0.15) is 6.61 Å². The first-order valence-electron chi connectivity index (χ1n) is 9.63. The molecular formula is C21H19Cl2F3N4O3. The van der Waals surface area contributed by atoms with Crippen LogP contribution in [0.25, 0.3) is 0 Å². The number of hydrogen-bond donors (Lipinski definition) is 2. The second-order valence-electron chi connectivity index (χ2n) is 7.17. The van der Waals surface area contributed by atoms with Crippen LogP contribution in [-0.4, -0.2) is 30.4 Å². The fraction of sp³-hybridized carbons (Fsp3) is 0.286. The van der Waals surface area contributed by atoms with E-state index >= 15 is 0 Å². The molecule has 1 aliphatic heterocycles. The van der Waals surface area contributed by atoms with Crippen LogP contribution in [0.5, 0.6) is 0 Å². The van der Waals surface area contributed by atoms with Crippen LogP contribution in [0.1, 0.15) is 40.4 Å². The van der Waals surface area contributed by atoms with E-state index in [0.29, 0.717) is 11.1 Å². The Bertz CT molecular complexity index is 1120. The maximum atomic E-state index is 14.1. The van der Waals surface area contributed by atoms with Crippen LogP contribution in [0.15, 0.2) is 46.7 Å². The summed E-state index contributed by atoms with van der Waals surface area (Å²) in [7, 11) is 0. The molecule has 0 radical (unpaired) electrons. The van der Waals surface area contributed by atoms with Crippen molar-refractivity contribution in [1.29, 1.82) is 0 Å². The van der Waals surface area contributed by atoms with Crippen molar-refractivity contribution in [3.8, 4) is 0 Å². The summed E-state index contributed by atoms with van der Waals surface area (Å²) in [6, 6.07) is 8.06. The van der Waals surface area contributed by atoms with E-state index in [2.05, 4.69) is 15.6 Å². The van der Waals surface area contributed by atoms with Crippen LogP contribution < -0.4 is 11.1 Å². The zero-order valence-electron chi connectivity index (χ0n) is 17.5. The Morgan fingerprint density at radius 2 is 1.94 bits per heavy atom. The van der Waals surface area contributed by atoms with Gasteiger partial charge in [0, 0.05) is 27.6 Å². The Hall–Kier alpha value is -2.98. The van der Waals surface area contributed by atoms with Gasteiger partial charge in [-0.15, -0.1) is 0 Å². The summed E-state index contributed by atoms with van der Waals surface area (Å²) < 4.78 is 42.4. The van der Waals surface area contributed by atoms with Crippen molar-refractivity contribution in [2.24, 2.45) is 16.0 Å². The fourth-order valence-corrected chi connectivity index (χ4v) is 3.81. The molecule has 0 aliphatic carbocycles. The Kier molecular flexibility index (Phi) is 7.08. The van der Waals surface area contributed by atoms with Crippen molar-refractivity contribution in [2.75, 3.05) is 6.61 Å². The topological polar surface area (TPSA) is 98.3 Å². The number of rotatable bonds is 5. The number of benzene rings is 2. The summed E-state index contributed by atoms with van der Waals surface area (Å²) in [4.78, 5) is 22.2. The number of nitrogens with one attached hydrogen (secondary N) is 1. The number of oxime groups is 2. The summed E-state index contributed by atoms with van der Waals surface area (Å²) in [5, 5.41) is 9.65. The Balaban J connectivity index is 1.88. The molecule has 1 atom stereocenters. The molecule has 1 unspecified atom stereocenters. The molecule has 1 aliphatic rings. The smallest absolute Gasteiger partial charge is 0.393 e. The lowest BCUT2D eigenvalue weighted by Crippen LogP contribution is -2.42. The minimum atomic E-state index is -4.81. The van der Waals surface area contributed by atoms with E-state index in [1.807, 2.05) is 0 Å². The third kappa shape index (κ3) is 5.17. The molecule has 3 rings (SSSR count). The maximum Gasteiger partial charge on any atom is 0.435 e. The highest BCUT2D eigenvalue weighted by atomic mass is 35.5. The molecule has 0 spiro atoms. The van der Waals surface area contributed by atoms with Crippen LogP contribution in [0.2, 0.25) is 10.0 Å². The first-order valence-corrected chi connectivity index (χ1v) is 10.4. The SMILES string of the molecule is CCO/N=C(\N)NC(=O)c1ccc(C2=NOC(c3cc(Cl)cc(Cl)c3)(C(F)(F)F)C2)cc1C. The van der Waals surface area contributed by atoms with Crippen LogP contribution in [0.4, 0.5) is 13.2 Å². The molecule has 0 aromatic heterocycles. The van der Waals surface area contributed by atoms with E-state index in [1.165, 1.54) is 24.3 Å². The van der Waals surface area contributed by atoms with Gasteiger partial charge >= 0.3 is 6.18 Å². The first-order chi connectivity index (χ1) is 15.5. The van der Waals surface area contributed by atoms with E-state index in [1.54, 1.807) is 13.8 Å². The molecule has 2 aromatic rings. The maximum absolute atomic E-state index is 14.1. The highest BCUT2D eigenvalue weighted by molar-refractivity contribution is 6.34. The first kappa shape index (κ1) is 24.7. The summed E-state index contributed by atoms with van der Waals surface area (Å²) in [6.45, 7) is 3.60. The number of alkyl halides is 3. The molecule has 12 heteroatoms. The van der Waals surface area contributed by atoms with E-state index in [-0.39, 0.29) is 39.5 Å². The van der Waals surface area contributed by atoms with Crippen molar-refractivity contribution in [3.05, 3.63) is 68.7 Å². The molecule has 0 bridgehead atoms. The summed E-state index contributed by atoms with van der Waals surface area (Å²) >= 11 is 11.8. The molecule has 176 valence electrons. The highest BCUT2D eigenvalue weighted by Gasteiger charge is 2.62. The number of halogens is 5. The van der Waals surface area contributed by atoms with Gasteiger partial charge in [-0.2, -0.15) is 13.2 Å². The second kappa shape index (κ2) is 9.48. The normalized spacial score (nSPS) is 18.5. The number of hydrogen-bond acceptors (Lipinski definition) is 5. The minimum absolute atomic E-state index is 0.0385. The van der Waals surface area contributed by atoms with Gasteiger partial charge in [0.25, 0.3) is 11.5 Å². The highest BCUT2D eigenvalue weighted by Crippen LogP contribution is 2.49. The predicted octanol–water partition coefficient (Wildman–Crippen LogP) is 4.88. The number of carbonyl (C=O) groups excluding carboxylic acids is 1. The van der Waals surface area contributed by atoms with Crippen LogP contribution in [0, 0.1) is 6.92 Å². The molecule has 1 amide bonds. The molecule has 1 heterocycles. The molecule has 0 saturated heterocycles. The monoisotopic (exact) mass is 502 g/mol. The lowest BCUT2D eigenvalue weighted by atomic mass is 9.86.